The first-order valence-corrected chi connectivity index (χ1v) is 5.77. The van der Waals surface area contributed by atoms with Crippen LogP contribution in [0.15, 0.2) is 23.6 Å². The Kier molecular flexibility index (Phi) is 7.21. The Hall–Kier alpha value is -0.294. The van der Waals surface area contributed by atoms with Crippen molar-refractivity contribution in [1.82, 2.24) is 0 Å². The predicted molar refractivity (Wildman–Crippen MR) is 58.4 cm³/mol. The van der Waals surface area contributed by atoms with Gasteiger partial charge >= 0.3 is 57.1 Å². The Bertz CT molecular complexity index is 568. The van der Waals surface area contributed by atoms with Crippen molar-refractivity contribution in [3.63, 3.8) is 0 Å². The van der Waals surface area contributed by atoms with Gasteiger partial charge in [-0.3, -0.25) is 10.1 Å². The van der Waals surface area contributed by atoms with Crippen LogP contribution in [0.3, 0.4) is 0 Å². The summed E-state index contributed by atoms with van der Waals surface area (Å²) < 4.78 is 35.8. The molecule has 1 rings (SSSR count). The number of methoxy groups -OCH3 is 1. The van der Waals surface area contributed by atoms with E-state index in [2.05, 4.69) is 0 Å². The second-order valence-electron chi connectivity index (χ2n) is 2.98. The van der Waals surface area contributed by atoms with Crippen LogP contribution in [0.25, 0.3) is 6.08 Å². The molecule has 0 amide bonds. The number of nitro groups is 1. The second-order valence-corrected chi connectivity index (χ2v) is 4.24. The maximum atomic E-state index is 10.7. The summed E-state index contributed by atoms with van der Waals surface area (Å²) in [5.41, 5.74) is -0.0881. The van der Waals surface area contributed by atoms with E-state index in [0.29, 0.717) is 5.41 Å². The average molecular weight is 297 g/mol. The van der Waals surface area contributed by atoms with Crippen molar-refractivity contribution < 1.29 is 74.0 Å². The minimum atomic E-state index is -4.50. The molecule has 0 saturated carbocycles. The van der Waals surface area contributed by atoms with E-state index in [0.717, 1.165) is 12.1 Å². The van der Waals surface area contributed by atoms with Gasteiger partial charge in [-0.15, -0.1) is 0 Å². The quantitative estimate of drug-likeness (QED) is 0.278. The molecule has 0 unspecified atom stereocenters. The van der Waals surface area contributed by atoms with Crippen molar-refractivity contribution in [2.75, 3.05) is 7.11 Å². The fraction of sp³-hybridized carbons (Fsp3) is 0.111. The number of ether oxygens (including phenoxy) is 1. The van der Waals surface area contributed by atoms with Gasteiger partial charge in [0.2, 0.25) is 0 Å². The molecule has 7 nitrogen and oxygen atoms in total. The molecule has 0 aliphatic heterocycles. The summed E-state index contributed by atoms with van der Waals surface area (Å²) in [6.07, 6.45) is 0.981. The molecule has 0 aliphatic carbocycles. The first kappa shape index (κ1) is 17.7. The Morgan fingerprint density at radius 2 is 2.00 bits per heavy atom. The number of rotatable bonds is 4. The summed E-state index contributed by atoms with van der Waals surface area (Å²) in [4.78, 5) is 9.99. The van der Waals surface area contributed by atoms with E-state index in [-0.39, 0.29) is 68.4 Å². The monoisotopic (exact) mass is 297 g/mol. The van der Waals surface area contributed by atoms with Crippen molar-refractivity contribution in [2.45, 2.75) is 0 Å². The van der Waals surface area contributed by atoms with Crippen LogP contribution in [0.2, 0.25) is 0 Å². The Labute approximate surface area is 146 Å². The summed E-state index contributed by atoms with van der Waals surface area (Å²) in [6.45, 7) is 0. The number of nitro benzene ring substituents is 1. The van der Waals surface area contributed by atoms with Gasteiger partial charge in [0.05, 0.1) is 12.0 Å². The van der Waals surface area contributed by atoms with Crippen molar-refractivity contribution in [2.24, 2.45) is 0 Å². The molecule has 1 aromatic carbocycles. The molecule has 0 saturated heterocycles. The Balaban J connectivity index is 0.00000289. The number of hydrogen-bond donors (Lipinski definition) is 0. The van der Waals surface area contributed by atoms with Gasteiger partial charge in [0.25, 0.3) is 0 Å². The van der Waals surface area contributed by atoms with Crippen LogP contribution in [-0.4, -0.2) is 25.0 Å². The molecule has 9 heteroatoms. The number of nitrogens with zero attached hydrogens (tertiary/aromatic N) is 1. The van der Waals surface area contributed by atoms with Gasteiger partial charge in [-0.2, -0.15) is 0 Å². The summed E-state index contributed by atoms with van der Waals surface area (Å²) in [5, 5.41) is 11.1. The predicted octanol–water partition coefficient (Wildman–Crippen LogP) is -1.88. The maximum Gasteiger partial charge on any atom is 1.00 e. The van der Waals surface area contributed by atoms with E-state index in [4.69, 9.17) is 4.74 Å². The molecular weight excluding hydrogens is 289 g/mol. The molecule has 0 aromatic heterocycles. The maximum absolute atomic E-state index is 10.7. The van der Waals surface area contributed by atoms with Crippen LogP contribution >= 0.6 is 0 Å². The number of hydrogen-bond acceptors (Lipinski definition) is 6. The third kappa shape index (κ3) is 5.57. The van der Waals surface area contributed by atoms with Gasteiger partial charge in [0.1, 0.15) is 10.1 Å². The fourth-order valence-corrected chi connectivity index (χ4v) is 1.44. The van der Waals surface area contributed by atoms with Crippen molar-refractivity contribution >= 4 is 21.9 Å². The van der Waals surface area contributed by atoms with Gasteiger partial charge < -0.3 is 9.29 Å². The smallest absolute Gasteiger partial charge is 0.744 e. The van der Waals surface area contributed by atoms with Gasteiger partial charge in [0.15, 0.2) is 5.75 Å². The zero-order chi connectivity index (χ0) is 13.1. The van der Waals surface area contributed by atoms with Crippen LogP contribution in [0.5, 0.6) is 5.75 Å². The van der Waals surface area contributed by atoms with Gasteiger partial charge in [0, 0.05) is 11.5 Å². The molecule has 92 valence electrons. The minimum absolute atomic E-state index is 0. The summed E-state index contributed by atoms with van der Waals surface area (Å²) >= 11 is 0. The standard InChI is InChI=1S/C9H9NO6S.K/c1-16-9-3-2-7(4-5-17(13,14)15)6-8(9)10(11)12;/h2-6H,1H3,(H,13,14,15);/q;+1/p-1/b5-4+;. The molecule has 0 atom stereocenters. The average Bonchev–Trinajstić information content (AvgIpc) is 2.25. The summed E-state index contributed by atoms with van der Waals surface area (Å²) in [7, 11) is -3.23. The topological polar surface area (TPSA) is 110 Å². The summed E-state index contributed by atoms with van der Waals surface area (Å²) in [5.74, 6) is 0.0529. The molecule has 0 spiro atoms. The van der Waals surface area contributed by atoms with Gasteiger partial charge in [-0.25, -0.2) is 8.42 Å². The molecule has 1 aromatic rings. The van der Waals surface area contributed by atoms with Crippen molar-refractivity contribution in [3.05, 3.63) is 39.3 Å². The Morgan fingerprint density at radius 1 is 1.39 bits per heavy atom. The largest absolute Gasteiger partial charge is 1.00 e. The Morgan fingerprint density at radius 3 is 2.44 bits per heavy atom. The van der Waals surface area contributed by atoms with E-state index in [1.807, 2.05) is 0 Å². The van der Waals surface area contributed by atoms with Crippen LogP contribution < -0.4 is 56.1 Å². The van der Waals surface area contributed by atoms with Crippen LogP contribution in [0, 0.1) is 10.1 Å². The van der Waals surface area contributed by atoms with Crippen molar-refractivity contribution in [1.29, 1.82) is 0 Å². The third-order valence-electron chi connectivity index (χ3n) is 1.83. The van der Waals surface area contributed by atoms with Crippen LogP contribution in [-0.2, 0) is 10.1 Å². The third-order valence-corrected chi connectivity index (χ3v) is 2.30. The first-order valence-electron chi connectivity index (χ1n) is 4.30. The van der Waals surface area contributed by atoms with E-state index < -0.39 is 15.0 Å². The number of benzene rings is 1. The molecule has 0 aliphatic rings. The van der Waals surface area contributed by atoms with Gasteiger partial charge in [-0.1, -0.05) is 6.07 Å². The van der Waals surface area contributed by atoms with E-state index in [9.17, 15) is 23.1 Å². The van der Waals surface area contributed by atoms with Crippen LogP contribution in [0.1, 0.15) is 5.56 Å². The van der Waals surface area contributed by atoms with Gasteiger partial charge in [-0.05, 0) is 17.7 Å². The second kappa shape index (κ2) is 7.33. The SMILES string of the molecule is COc1ccc(/C=C/S(=O)(=O)[O-])cc1[N+](=O)[O-].[K+]. The van der Waals surface area contributed by atoms with Crippen molar-refractivity contribution in [3.8, 4) is 5.75 Å². The summed E-state index contributed by atoms with van der Waals surface area (Å²) in [6, 6.07) is 3.82. The molecule has 0 bridgehead atoms. The normalized spacial score (nSPS) is 11.0. The fourth-order valence-electron chi connectivity index (χ4n) is 1.12. The molecular formula is C9H8KNO6S. The van der Waals surface area contributed by atoms with E-state index >= 15 is 0 Å². The molecule has 18 heavy (non-hydrogen) atoms. The molecule has 0 fully saturated rings. The van der Waals surface area contributed by atoms with E-state index in [1.54, 1.807) is 0 Å². The molecule has 0 heterocycles. The molecule has 0 N–H and O–H groups in total. The zero-order valence-corrected chi connectivity index (χ0v) is 13.6. The van der Waals surface area contributed by atoms with E-state index in [1.165, 1.54) is 19.2 Å². The minimum Gasteiger partial charge on any atom is -0.744 e. The first-order chi connectivity index (χ1) is 7.83. The molecule has 0 radical (unpaired) electrons. The van der Waals surface area contributed by atoms with Crippen LogP contribution in [0.4, 0.5) is 5.69 Å². The zero-order valence-electron chi connectivity index (χ0n) is 9.69.